The maximum absolute atomic E-state index is 12.2. The zero-order chi connectivity index (χ0) is 24.7. The number of benzene rings is 1. The molecule has 2 aromatic heterocycles. The predicted molar refractivity (Wildman–Crippen MR) is 131 cm³/mol. The summed E-state index contributed by atoms with van der Waals surface area (Å²) < 4.78 is 11.6. The number of hydrogen-bond donors (Lipinski definition) is 2. The van der Waals surface area contributed by atoms with E-state index < -0.39 is 0 Å². The van der Waals surface area contributed by atoms with E-state index in [4.69, 9.17) is 14.7 Å². The molecular weight excluding hydrogens is 444 g/mol. The molecule has 1 atom stereocenters. The molecule has 3 heterocycles. The van der Waals surface area contributed by atoms with E-state index in [0.29, 0.717) is 49.3 Å². The molecular formula is C26H28N6O3. The number of rotatable bonds is 9. The van der Waals surface area contributed by atoms with Gasteiger partial charge in [-0.2, -0.15) is 5.26 Å². The number of nitrogens with zero attached hydrogens (tertiary/aromatic N) is 4. The highest BCUT2D eigenvalue weighted by Gasteiger charge is 2.31. The van der Waals surface area contributed by atoms with Gasteiger partial charge in [-0.25, -0.2) is 15.0 Å². The Morgan fingerprint density at radius 3 is 2.71 bits per heavy atom. The molecule has 9 nitrogen and oxygen atoms in total. The second-order valence-corrected chi connectivity index (χ2v) is 8.49. The lowest BCUT2D eigenvalue weighted by atomic mass is 9.79. The van der Waals surface area contributed by atoms with Crippen LogP contribution >= 0.6 is 0 Å². The van der Waals surface area contributed by atoms with Crippen LogP contribution in [0.3, 0.4) is 0 Å². The summed E-state index contributed by atoms with van der Waals surface area (Å²) in [5.74, 6) is 1.75. The molecule has 1 aliphatic heterocycles. The van der Waals surface area contributed by atoms with Crippen LogP contribution in [0.4, 0.5) is 5.82 Å². The number of carbonyl (C=O) groups is 1. The lowest BCUT2D eigenvalue weighted by Gasteiger charge is -2.32. The molecule has 0 spiro atoms. The summed E-state index contributed by atoms with van der Waals surface area (Å²) in [5.41, 5.74) is 2.96. The normalized spacial score (nSPS) is 13.9. The van der Waals surface area contributed by atoms with Crippen LogP contribution in [0.15, 0.2) is 48.9 Å². The molecule has 0 unspecified atom stereocenters. The maximum Gasteiger partial charge on any atom is 0.257 e. The summed E-state index contributed by atoms with van der Waals surface area (Å²) in [7, 11) is 0. The second kappa shape index (κ2) is 10.8. The van der Waals surface area contributed by atoms with Crippen molar-refractivity contribution < 1.29 is 14.3 Å². The summed E-state index contributed by atoms with van der Waals surface area (Å²) >= 11 is 0. The highest BCUT2D eigenvalue weighted by Crippen LogP contribution is 2.40. The lowest BCUT2D eigenvalue weighted by molar-refractivity contribution is 0.0954. The van der Waals surface area contributed by atoms with Gasteiger partial charge in [0.15, 0.2) is 5.75 Å². The van der Waals surface area contributed by atoms with Crippen molar-refractivity contribution in [2.45, 2.75) is 32.1 Å². The largest absolute Gasteiger partial charge is 0.484 e. The number of aromatic nitrogens is 3. The van der Waals surface area contributed by atoms with E-state index in [1.165, 1.54) is 6.33 Å². The van der Waals surface area contributed by atoms with E-state index in [0.717, 1.165) is 23.2 Å². The van der Waals surface area contributed by atoms with Gasteiger partial charge in [-0.3, -0.25) is 4.79 Å². The van der Waals surface area contributed by atoms with E-state index >= 15 is 0 Å². The summed E-state index contributed by atoms with van der Waals surface area (Å²) in [6.45, 7) is 6.28. The lowest BCUT2D eigenvalue weighted by Crippen LogP contribution is -2.32. The first-order chi connectivity index (χ1) is 17.0. The average molecular weight is 473 g/mol. The molecule has 35 heavy (non-hydrogen) atoms. The van der Waals surface area contributed by atoms with Crippen molar-refractivity contribution in [3.8, 4) is 29.0 Å². The second-order valence-electron chi connectivity index (χ2n) is 8.49. The molecule has 3 aromatic rings. The molecule has 0 saturated carbocycles. The van der Waals surface area contributed by atoms with Crippen LogP contribution in [-0.2, 0) is 5.41 Å². The molecule has 0 radical (unpaired) electrons. The Kier molecular flexibility index (Phi) is 7.41. The summed E-state index contributed by atoms with van der Waals surface area (Å²) in [5, 5.41) is 14.8. The SMILES string of the molecule is CC[C@](C)(CNc1cc(-c2ccc(C(=O)NCCC#N)cc2)ncn1)c1ccnc2c1OCCO2. The number of carbonyl (C=O) groups excluding carboxylic acids is 1. The first kappa shape index (κ1) is 24.0. The van der Waals surface area contributed by atoms with Gasteiger partial charge in [-0.1, -0.05) is 26.0 Å². The minimum Gasteiger partial charge on any atom is -0.484 e. The van der Waals surface area contributed by atoms with Crippen molar-refractivity contribution in [3.63, 3.8) is 0 Å². The standard InChI is InChI=1S/C26H28N6O3/c1-3-26(2,20-9-12-29-25-23(20)34-13-14-35-25)16-30-22-15-21(31-17-32-22)18-5-7-19(8-6-18)24(33)28-11-4-10-27/h5-9,12,15,17H,3-4,11,13-14,16H2,1-2H3,(H,28,33)(H,30,31,32)/t26-/m1/s1. The van der Waals surface area contributed by atoms with E-state index in [-0.39, 0.29) is 17.7 Å². The van der Waals surface area contributed by atoms with Gasteiger partial charge in [0.2, 0.25) is 0 Å². The van der Waals surface area contributed by atoms with Gasteiger partial charge in [-0.15, -0.1) is 0 Å². The van der Waals surface area contributed by atoms with E-state index in [1.807, 2.05) is 30.3 Å². The molecule has 1 aliphatic rings. The molecule has 1 aromatic carbocycles. The Hall–Kier alpha value is -4.19. The number of anilines is 1. The Balaban J connectivity index is 1.47. The Morgan fingerprint density at radius 1 is 1.14 bits per heavy atom. The topological polar surface area (TPSA) is 122 Å². The highest BCUT2D eigenvalue weighted by molar-refractivity contribution is 5.94. The Morgan fingerprint density at radius 2 is 1.94 bits per heavy atom. The van der Waals surface area contributed by atoms with E-state index in [9.17, 15) is 4.79 Å². The van der Waals surface area contributed by atoms with Crippen LogP contribution in [0.5, 0.6) is 11.6 Å². The predicted octanol–water partition coefficient (Wildman–Crippen LogP) is 3.73. The monoisotopic (exact) mass is 472 g/mol. The van der Waals surface area contributed by atoms with Crippen LogP contribution in [0, 0.1) is 11.3 Å². The third-order valence-corrected chi connectivity index (χ3v) is 6.16. The molecule has 1 amide bonds. The number of hydrogen-bond acceptors (Lipinski definition) is 8. The summed E-state index contributed by atoms with van der Waals surface area (Å²) in [6.07, 6.45) is 4.43. The Labute approximate surface area is 204 Å². The number of ether oxygens (including phenoxy) is 2. The average Bonchev–Trinajstić information content (AvgIpc) is 2.92. The van der Waals surface area contributed by atoms with Crippen molar-refractivity contribution in [2.24, 2.45) is 0 Å². The van der Waals surface area contributed by atoms with Crippen LogP contribution in [-0.4, -0.2) is 47.2 Å². The van der Waals surface area contributed by atoms with Crippen molar-refractivity contribution >= 4 is 11.7 Å². The fourth-order valence-corrected chi connectivity index (χ4v) is 3.86. The number of nitriles is 1. The van der Waals surface area contributed by atoms with Gasteiger partial charge in [0.1, 0.15) is 25.4 Å². The van der Waals surface area contributed by atoms with Crippen LogP contribution in [0.1, 0.15) is 42.6 Å². The number of nitrogens with one attached hydrogen (secondary N) is 2. The van der Waals surface area contributed by atoms with Crippen molar-refractivity contribution in [1.29, 1.82) is 5.26 Å². The molecule has 9 heteroatoms. The summed E-state index contributed by atoms with van der Waals surface area (Å²) in [6, 6.07) is 13.1. The first-order valence-electron chi connectivity index (χ1n) is 11.6. The van der Waals surface area contributed by atoms with Crippen LogP contribution in [0.25, 0.3) is 11.3 Å². The fraction of sp³-hybridized carbons (Fsp3) is 0.346. The molecule has 2 N–H and O–H groups in total. The fourth-order valence-electron chi connectivity index (χ4n) is 3.86. The molecule has 0 bridgehead atoms. The molecule has 4 rings (SSSR count). The molecule has 0 saturated heterocycles. The van der Waals surface area contributed by atoms with Gasteiger partial charge in [0, 0.05) is 47.5 Å². The van der Waals surface area contributed by atoms with Crippen LogP contribution < -0.4 is 20.1 Å². The summed E-state index contributed by atoms with van der Waals surface area (Å²) in [4.78, 5) is 25.2. The minimum atomic E-state index is -0.237. The Bertz CT molecular complexity index is 1220. The maximum atomic E-state index is 12.2. The van der Waals surface area contributed by atoms with Gasteiger partial charge in [0.05, 0.1) is 18.2 Å². The van der Waals surface area contributed by atoms with Gasteiger partial charge in [-0.05, 0) is 24.6 Å². The number of fused-ring (bicyclic) bond motifs is 1. The highest BCUT2D eigenvalue weighted by atomic mass is 16.6. The number of amides is 1. The smallest absolute Gasteiger partial charge is 0.257 e. The zero-order valence-electron chi connectivity index (χ0n) is 19.9. The molecule has 0 fully saturated rings. The van der Waals surface area contributed by atoms with Gasteiger partial charge in [0.25, 0.3) is 11.8 Å². The third-order valence-electron chi connectivity index (χ3n) is 6.16. The van der Waals surface area contributed by atoms with Crippen LogP contribution in [0.2, 0.25) is 0 Å². The number of pyridine rings is 1. The zero-order valence-corrected chi connectivity index (χ0v) is 19.9. The van der Waals surface area contributed by atoms with E-state index in [2.05, 4.69) is 39.4 Å². The molecule has 180 valence electrons. The van der Waals surface area contributed by atoms with Gasteiger partial charge < -0.3 is 20.1 Å². The first-order valence-corrected chi connectivity index (χ1v) is 11.6. The van der Waals surface area contributed by atoms with Crippen molar-refractivity contribution in [1.82, 2.24) is 20.3 Å². The van der Waals surface area contributed by atoms with Crippen molar-refractivity contribution in [3.05, 3.63) is 60.0 Å². The van der Waals surface area contributed by atoms with Crippen molar-refractivity contribution in [2.75, 3.05) is 31.6 Å². The quantitative estimate of drug-likeness (QED) is 0.452. The molecule has 0 aliphatic carbocycles. The third kappa shape index (κ3) is 5.49. The minimum absolute atomic E-state index is 0.205. The van der Waals surface area contributed by atoms with Gasteiger partial charge >= 0.3 is 0 Å². The van der Waals surface area contributed by atoms with E-state index in [1.54, 1.807) is 18.3 Å².